The van der Waals surface area contributed by atoms with E-state index in [9.17, 15) is 22.8 Å². The van der Waals surface area contributed by atoms with Crippen LogP contribution in [0.4, 0.5) is 23.7 Å². The van der Waals surface area contributed by atoms with Gasteiger partial charge < -0.3 is 14.8 Å². The molecule has 2 N–H and O–H groups in total. The van der Waals surface area contributed by atoms with Crippen LogP contribution >= 0.6 is 0 Å². The van der Waals surface area contributed by atoms with E-state index < -0.39 is 24.0 Å². The summed E-state index contributed by atoms with van der Waals surface area (Å²) in [6, 6.07) is 4.02. The Kier molecular flexibility index (Phi) is 8.12. The lowest BCUT2D eigenvalue weighted by Crippen LogP contribution is -2.47. The molecule has 1 heterocycles. The molecule has 7 nitrogen and oxygen atoms in total. The monoisotopic (exact) mass is 417 g/mol. The van der Waals surface area contributed by atoms with Crippen LogP contribution in [0.5, 0.6) is 11.5 Å². The highest BCUT2D eigenvalue weighted by Crippen LogP contribution is 2.33. The second-order valence-electron chi connectivity index (χ2n) is 6.65. The number of nitrogens with one attached hydrogen (secondary N) is 2. The number of nitrogens with zero attached hydrogens (tertiary/aromatic N) is 1. The van der Waals surface area contributed by atoms with E-state index in [1.807, 2.05) is 13.8 Å². The number of halogens is 3. The molecule has 1 aromatic carbocycles. The number of ether oxygens (including phenoxy) is 2. The van der Waals surface area contributed by atoms with Gasteiger partial charge in [0, 0.05) is 18.3 Å². The molecule has 1 aliphatic rings. The molecule has 0 radical (unpaired) electrons. The lowest BCUT2D eigenvalue weighted by molar-refractivity contribution is -0.187. The molecule has 29 heavy (non-hydrogen) atoms. The third-order valence-electron chi connectivity index (χ3n) is 4.39. The number of imide groups is 1. The highest BCUT2D eigenvalue weighted by molar-refractivity contribution is 6.01. The Morgan fingerprint density at radius 3 is 2.52 bits per heavy atom. The van der Waals surface area contributed by atoms with Crippen LogP contribution < -0.4 is 20.1 Å². The summed E-state index contributed by atoms with van der Waals surface area (Å²) in [7, 11) is 0. The van der Waals surface area contributed by atoms with E-state index in [1.165, 1.54) is 4.90 Å². The van der Waals surface area contributed by atoms with Crippen molar-refractivity contribution in [3.8, 4) is 11.5 Å². The van der Waals surface area contributed by atoms with Gasteiger partial charge in [0.25, 0.3) is 0 Å². The molecule has 1 aliphatic heterocycles. The van der Waals surface area contributed by atoms with Crippen LogP contribution in [0.25, 0.3) is 0 Å². The molecule has 162 valence electrons. The largest absolute Gasteiger partial charge is 0.490 e. The molecule has 0 aliphatic carbocycles. The summed E-state index contributed by atoms with van der Waals surface area (Å²) in [6.07, 6.45) is -3.86. The van der Waals surface area contributed by atoms with Crippen LogP contribution in [-0.4, -0.2) is 55.9 Å². The zero-order valence-electron chi connectivity index (χ0n) is 16.5. The van der Waals surface area contributed by atoms with E-state index in [-0.39, 0.29) is 19.5 Å². The number of hydrogen-bond acceptors (Lipinski definition) is 5. The van der Waals surface area contributed by atoms with E-state index in [4.69, 9.17) is 9.47 Å². The van der Waals surface area contributed by atoms with Gasteiger partial charge in [-0.05, 0) is 45.4 Å². The van der Waals surface area contributed by atoms with Crippen molar-refractivity contribution in [2.45, 2.75) is 32.9 Å². The highest BCUT2D eigenvalue weighted by atomic mass is 19.4. The van der Waals surface area contributed by atoms with Gasteiger partial charge in [0.15, 0.2) is 11.5 Å². The Bertz CT molecular complexity index is 712. The topological polar surface area (TPSA) is 79.9 Å². The van der Waals surface area contributed by atoms with E-state index in [0.29, 0.717) is 43.4 Å². The molecule has 1 atom stereocenters. The fourth-order valence-corrected chi connectivity index (χ4v) is 3.13. The second kappa shape index (κ2) is 10.3. The number of benzene rings is 1. The van der Waals surface area contributed by atoms with E-state index in [0.717, 1.165) is 0 Å². The quantitative estimate of drug-likeness (QED) is 0.711. The molecular weight excluding hydrogens is 391 g/mol. The number of amides is 3. The first kappa shape index (κ1) is 22.8. The molecule has 1 aromatic rings. The Balaban J connectivity index is 1.88. The SMILES string of the molecule is CCOc1ccc(NC(=O)NC(=O)CN2CCCC(C(F)(F)F)C2)cc1OCC. The minimum Gasteiger partial charge on any atom is -0.490 e. The summed E-state index contributed by atoms with van der Waals surface area (Å²) in [5.74, 6) is -1.13. The van der Waals surface area contributed by atoms with E-state index >= 15 is 0 Å². The number of carbonyl (C=O) groups excluding carboxylic acids is 2. The van der Waals surface area contributed by atoms with Crippen LogP contribution in [-0.2, 0) is 4.79 Å². The van der Waals surface area contributed by atoms with Gasteiger partial charge in [-0.3, -0.25) is 15.0 Å². The number of urea groups is 1. The van der Waals surface area contributed by atoms with Gasteiger partial charge >= 0.3 is 12.2 Å². The summed E-state index contributed by atoms with van der Waals surface area (Å²) in [5.41, 5.74) is 0.386. The Hall–Kier alpha value is -2.49. The minimum absolute atomic E-state index is 0.0575. The summed E-state index contributed by atoms with van der Waals surface area (Å²) in [6.45, 7) is 4.38. The van der Waals surface area contributed by atoms with Gasteiger partial charge in [0.2, 0.25) is 5.91 Å². The number of piperidine rings is 1. The lowest BCUT2D eigenvalue weighted by atomic mass is 9.97. The first-order chi connectivity index (χ1) is 13.7. The smallest absolute Gasteiger partial charge is 0.393 e. The van der Waals surface area contributed by atoms with Gasteiger partial charge in [-0.25, -0.2) is 4.79 Å². The van der Waals surface area contributed by atoms with Gasteiger partial charge in [-0.1, -0.05) is 0 Å². The van der Waals surface area contributed by atoms with Crippen LogP contribution in [0, 0.1) is 5.92 Å². The van der Waals surface area contributed by atoms with Crippen molar-refractivity contribution >= 4 is 17.6 Å². The van der Waals surface area contributed by atoms with E-state index in [1.54, 1.807) is 18.2 Å². The molecule has 2 rings (SSSR count). The predicted molar refractivity (Wildman–Crippen MR) is 101 cm³/mol. The van der Waals surface area contributed by atoms with Crippen molar-refractivity contribution in [3.63, 3.8) is 0 Å². The maximum atomic E-state index is 12.9. The van der Waals surface area contributed by atoms with Gasteiger partial charge in [0.05, 0.1) is 25.7 Å². The average molecular weight is 417 g/mol. The molecular formula is C19H26F3N3O4. The van der Waals surface area contributed by atoms with Crippen molar-refractivity contribution in [3.05, 3.63) is 18.2 Å². The van der Waals surface area contributed by atoms with Gasteiger partial charge in [-0.15, -0.1) is 0 Å². The minimum atomic E-state index is -4.28. The number of hydrogen-bond donors (Lipinski definition) is 2. The number of carbonyl (C=O) groups is 2. The predicted octanol–water partition coefficient (Wildman–Crippen LogP) is 3.41. The molecule has 0 saturated carbocycles. The highest BCUT2D eigenvalue weighted by Gasteiger charge is 2.41. The number of rotatable bonds is 7. The first-order valence-corrected chi connectivity index (χ1v) is 9.52. The third-order valence-corrected chi connectivity index (χ3v) is 4.39. The van der Waals surface area contributed by atoms with Crippen LogP contribution in [0.2, 0.25) is 0 Å². The van der Waals surface area contributed by atoms with Gasteiger partial charge in [-0.2, -0.15) is 13.2 Å². The zero-order chi connectivity index (χ0) is 21.4. The van der Waals surface area contributed by atoms with Crippen LogP contribution in [0.1, 0.15) is 26.7 Å². The average Bonchev–Trinajstić information content (AvgIpc) is 2.63. The summed E-state index contributed by atoms with van der Waals surface area (Å²) >= 11 is 0. The fraction of sp³-hybridized carbons (Fsp3) is 0.579. The first-order valence-electron chi connectivity index (χ1n) is 9.52. The van der Waals surface area contributed by atoms with Crippen molar-refractivity contribution in [1.82, 2.24) is 10.2 Å². The Morgan fingerprint density at radius 2 is 1.86 bits per heavy atom. The van der Waals surface area contributed by atoms with Crippen molar-refractivity contribution in [2.75, 3.05) is 38.2 Å². The fourth-order valence-electron chi connectivity index (χ4n) is 3.13. The molecule has 0 bridgehead atoms. The maximum Gasteiger partial charge on any atom is 0.393 e. The second-order valence-corrected chi connectivity index (χ2v) is 6.65. The molecule has 1 unspecified atom stereocenters. The maximum absolute atomic E-state index is 12.9. The van der Waals surface area contributed by atoms with Crippen LogP contribution in [0.3, 0.4) is 0 Å². The molecule has 1 saturated heterocycles. The zero-order valence-corrected chi connectivity index (χ0v) is 16.5. The van der Waals surface area contributed by atoms with Crippen LogP contribution in [0.15, 0.2) is 18.2 Å². The summed E-state index contributed by atoms with van der Waals surface area (Å²) in [5, 5.41) is 4.64. The number of anilines is 1. The molecule has 3 amide bonds. The van der Waals surface area contributed by atoms with Crippen molar-refractivity contribution in [1.29, 1.82) is 0 Å². The normalized spacial score (nSPS) is 17.5. The Morgan fingerprint density at radius 1 is 1.17 bits per heavy atom. The number of likely N-dealkylation sites (tertiary alicyclic amines) is 1. The third kappa shape index (κ3) is 7.12. The van der Waals surface area contributed by atoms with E-state index in [2.05, 4.69) is 10.6 Å². The molecule has 0 spiro atoms. The summed E-state index contributed by atoms with van der Waals surface area (Å²) < 4.78 is 49.5. The Labute approximate surface area is 167 Å². The standard InChI is InChI=1S/C19H26F3N3O4/c1-3-28-15-8-7-14(10-16(15)29-4-2)23-18(27)24-17(26)12-25-9-5-6-13(11-25)19(20,21)22/h7-8,10,13H,3-6,9,11-12H2,1-2H3,(H2,23,24,26,27). The van der Waals surface area contributed by atoms with Crippen molar-refractivity contribution < 1.29 is 32.2 Å². The summed E-state index contributed by atoms with van der Waals surface area (Å²) in [4.78, 5) is 25.5. The number of alkyl halides is 3. The molecule has 0 aromatic heterocycles. The van der Waals surface area contributed by atoms with Crippen molar-refractivity contribution in [2.24, 2.45) is 5.92 Å². The lowest BCUT2D eigenvalue weighted by Gasteiger charge is -2.33. The molecule has 10 heteroatoms. The molecule has 1 fully saturated rings. The van der Waals surface area contributed by atoms with Gasteiger partial charge in [0.1, 0.15) is 0 Å².